The highest BCUT2D eigenvalue weighted by molar-refractivity contribution is 9.10. The lowest BCUT2D eigenvalue weighted by Gasteiger charge is -2.32. The summed E-state index contributed by atoms with van der Waals surface area (Å²) < 4.78 is 6.24. The minimum Gasteiger partial charge on any atom is -0.495 e. The van der Waals surface area contributed by atoms with Gasteiger partial charge in [0.05, 0.1) is 11.6 Å². The number of rotatable bonds is 4. The first-order valence-electron chi connectivity index (χ1n) is 5.62. The van der Waals surface area contributed by atoms with Crippen LogP contribution >= 0.6 is 27.5 Å². The van der Waals surface area contributed by atoms with Gasteiger partial charge in [-0.2, -0.15) is 0 Å². The molecule has 1 rings (SSSR count). The van der Waals surface area contributed by atoms with Crippen LogP contribution in [0.1, 0.15) is 38.8 Å². The molecule has 1 aromatic carbocycles. The van der Waals surface area contributed by atoms with Crippen molar-refractivity contribution >= 4 is 27.5 Å². The maximum atomic E-state index is 6.34. The highest BCUT2D eigenvalue weighted by atomic mass is 79.9. The number of methoxy groups -OCH3 is 1. The number of ether oxygens (including phenoxy) is 1. The zero-order valence-corrected chi connectivity index (χ0v) is 13.0. The molecule has 2 nitrogen and oxygen atoms in total. The molecule has 0 spiro atoms. The fourth-order valence-electron chi connectivity index (χ4n) is 1.67. The average molecular weight is 321 g/mol. The van der Waals surface area contributed by atoms with Crippen LogP contribution in [-0.2, 0) is 0 Å². The molecule has 4 heteroatoms. The van der Waals surface area contributed by atoms with Gasteiger partial charge < -0.3 is 10.5 Å². The third kappa shape index (κ3) is 3.15. The van der Waals surface area contributed by atoms with Crippen molar-refractivity contribution < 1.29 is 4.74 Å². The van der Waals surface area contributed by atoms with Gasteiger partial charge in [-0.15, -0.1) is 0 Å². The number of hydrogen-bond donors (Lipinski definition) is 1. The van der Waals surface area contributed by atoms with Gasteiger partial charge in [0.1, 0.15) is 5.75 Å². The largest absolute Gasteiger partial charge is 0.495 e. The molecule has 0 saturated carbocycles. The van der Waals surface area contributed by atoms with E-state index in [-0.39, 0.29) is 11.5 Å². The van der Waals surface area contributed by atoms with Gasteiger partial charge in [0.15, 0.2) is 0 Å². The Morgan fingerprint density at radius 3 is 2.53 bits per heavy atom. The summed E-state index contributed by atoms with van der Waals surface area (Å²) in [6.07, 6.45) is 0.988. The Labute approximate surface area is 117 Å². The van der Waals surface area contributed by atoms with Gasteiger partial charge in [0.25, 0.3) is 0 Å². The van der Waals surface area contributed by atoms with Crippen molar-refractivity contribution in [3.63, 3.8) is 0 Å². The van der Waals surface area contributed by atoms with Crippen LogP contribution in [0.15, 0.2) is 16.6 Å². The Kier molecular flexibility index (Phi) is 4.87. The Hall–Kier alpha value is -0.250. The fraction of sp³-hybridized carbons (Fsp3) is 0.538. The molecule has 0 aliphatic rings. The lowest BCUT2D eigenvalue weighted by Crippen LogP contribution is -2.29. The Bertz CT molecular complexity index is 407. The summed E-state index contributed by atoms with van der Waals surface area (Å²) in [6.45, 7) is 6.42. The van der Waals surface area contributed by atoms with Gasteiger partial charge in [-0.3, -0.25) is 0 Å². The van der Waals surface area contributed by atoms with Crippen molar-refractivity contribution in [2.45, 2.75) is 33.2 Å². The van der Waals surface area contributed by atoms with Crippen molar-refractivity contribution in [2.24, 2.45) is 11.1 Å². The zero-order valence-electron chi connectivity index (χ0n) is 10.7. The average Bonchev–Trinajstić information content (AvgIpc) is 2.27. The van der Waals surface area contributed by atoms with Gasteiger partial charge in [-0.25, -0.2) is 0 Å². The van der Waals surface area contributed by atoms with E-state index < -0.39 is 0 Å². The second-order valence-corrected chi connectivity index (χ2v) is 6.12. The smallest absolute Gasteiger partial charge is 0.137 e. The topological polar surface area (TPSA) is 35.2 Å². The van der Waals surface area contributed by atoms with Crippen LogP contribution in [0.25, 0.3) is 0 Å². The SMILES string of the molecule is CCC(C)(C)C(N)c1cc(Cl)cc(Br)c1OC. The molecule has 0 fully saturated rings. The first-order chi connectivity index (χ1) is 7.83. The van der Waals surface area contributed by atoms with E-state index >= 15 is 0 Å². The van der Waals surface area contributed by atoms with Crippen molar-refractivity contribution in [3.05, 3.63) is 27.2 Å². The lowest BCUT2D eigenvalue weighted by atomic mass is 9.78. The van der Waals surface area contributed by atoms with Gasteiger partial charge in [0.2, 0.25) is 0 Å². The van der Waals surface area contributed by atoms with Crippen molar-refractivity contribution in [2.75, 3.05) is 7.11 Å². The molecule has 0 aliphatic heterocycles. The second kappa shape index (κ2) is 5.59. The van der Waals surface area contributed by atoms with Gasteiger partial charge in [-0.1, -0.05) is 32.4 Å². The lowest BCUT2D eigenvalue weighted by molar-refractivity contribution is 0.271. The molecule has 0 bridgehead atoms. The Morgan fingerprint density at radius 2 is 2.06 bits per heavy atom. The number of nitrogens with two attached hydrogens (primary N) is 1. The minimum atomic E-state index is -0.113. The van der Waals surface area contributed by atoms with Gasteiger partial charge in [-0.05, 0) is 39.9 Å². The van der Waals surface area contributed by atoms with Crippen LogP contribution in [0.5, 0.6) is 5.75 Å². The van der Waals surface area contributed by atoms with E-state index in [1.165, 1.54) is 0 Å². The summed E-state index contributed by atoms with van der Waals surface area (Å²) in [4.78, 5) is 0. The number of hydrogen-bond acceptors (Lipinski definition) is 2. The third-order valence-electron chi connectivity index (χ3n) is 3.33. The van der Waals surface area contributed by atoms with Crippen LogP contribution in [-0.4, -0.2) is 7.11 Å². The number of halogens is 2. The Balaban J connectivity index is 3.30. The van der Waals surface area contributed by atoms with Crippen LogP contribution in [0.4, 0.5) is 0 Å². The van der Waals surface area contributed by atoms with E-state index in [2.05, 4.69) is 36.7 Å². The van der Waals surface area contributed by atoms with Gasteiger partial charge >= 0.3 is 0 Å². The molecule has 1 atom stereocenters. The molecule has 17 heavy (non-hydrogen) atoms. The van der Waals surface area contributed by atoms with Crippen molar-refractivity contribution in [1.82, 2.24) is 0 Å². The molecule has 96 valence electrons. The molecule has 1 aromatic rings. The molecular weight excluding hydrogens is 302 g/mol. The van der Waals surface area contributed by atoms with Crippen LogP contribution < -0.4 is 10.5 Å². The molecule has 2 N–H and O–H groups in total. The third-order valence-corrected chi connectivity index (χ3v) is 4.14. The molecule has 0 radical (unpaired) electrons. The molecule has 0 amide bonds. The van der Waals surface area contributed by atoms with E-state index in [4.69, 9.17) is 22.1 Å². The fourth-order valence-corrected chi connectivity index (χ4v) is 2.66. The van der Waals surface area contributed by atoms with E-state index in [0.29, 0.717) is 5.02 Å². The zero-order chi connectivity index (χ0) is 13.2. The second-order valence-electron chi connectivity index (χ2n) is 4.83. The Morgan fingerprint density at radius 1 is 1.47 bits per heavy atom. The quantitative estimate of drug-likeness (QED) is 0.883. The van der Waals surface area contributed by atoms with E-state index in [9.17, 15) is 0 Å². The highest BCUT2D eigenvalue weighted by Crippen LogP contribution is 2.42. The van der Waals surface area contributed by atoms with E-state index in [1.807, 2.05) is 12.1 Å². The summed E-state index contributed by atoms with van der Waals surface area (Å²) in [5, 5.41) is 0.662. The monoisotopic (exact) mass is 319 g/mol. The van der Waals surface area contributed by atoms with Crippen LogP contribution in [0, 0.1) is 5.41 Å². The summed E-state index contributed by atoms with van der Waals surface area (Å²) in [6, 6.07) is 3.58. The van der Waals surface area contributed by atoms with Crippen LogP contribution in [0.3, 0.4) is 0 Å². The summed E-state index contributed by atoms with van der Waals surface area (Å²) in [7, 11) is 1.64. The first-order valence-corrected chi connectivity index (χ1v) is 6.79. The first kappa shape index (κ1) is 14.8. The van der Waals surface area contributed by atoms with E-state index in [0.717, 1.165) is 22.2 Å². The summed E-state index contributed by atoms with van der Waals surface area (Å²) in [5.74, 6) is 0.767. The number of benzene rings is 1. The van der Waals surface area contributed by atoms with Crippen LogP contribution in [0.2, 0.25) is 5.02 Å². The predicted molar refractivity (Wildman–Crippen MR) is 76.7 cm³/mol. The normalized spacial score (nSPS) is 13.6. The molecular formula is C13H19BrClNO. The van der Waals surface area contributed by atoms with Crippen molar-refractivity contribution in [1.29, 1.82) is 0 Å². The highest BCUT2D eigenvalue weighted by Gasteiger charge is 2.29. The molecule has 1 unspecified atom stereocenters. The molecule has 0 saturated heterocycles. The standard InChI is InChI=1S/C13H19BrClNO/c1-5-13(2,3)12(16)9-6-8(15)7-10(14)11(9)17-4/h6-7,12H,5,16H2,1-4H3. The molecule has 0 aliphatic carbocycles. The predicted octanol–water partition coefficient (Wildman–Crippen LogP) is 4.55. The maximum Gasteiger partial charge on any atom is 0.137 e. The molecule has 0 heterocycles. The minimum absolute atomic E-state index is 0.00258. The maximum absolute atomic E-state index is 6.34. The van der Waals surface area contributed by atoms with Crippen molar-refractivity contribution in [3.8, 4) is 5.75 Å². The summed E-state index contributed by atoms with van der Waals surface area (Å²) >= 11 is 9.53. The summed E-state index contributed by atoms with van der Waals surface area (Å²) in [5.41, 5.74) is 7.28. The van der Waals surface area contributed by atoms with E-state index in [1.54, 1.807) is 7.11 Å². The van der Waals surface area contributed by atoms with Gasteiger partial charge in [0, 0.05) is 16.6 Å². The molecule has 0 aromatic heterocycles.